The molecule has 0 aliphatic carbocycles. The molecule has 106 valence electrons. The predicted octanol–water partition coefficient (Wildman–Crippen LogP) is 1.37. The largest absolute Gasteiger partial charge is 0.376 e. The van der Waals surface area contributed by atoms with Crippen molar-refractivity contribution in [2.75, 3.05) is 18.6 Å². The Hall–Kier alpha value is -1.20. The average molecular weight is 264 g/mol. The van der Waals surface area contributed by atoms with Crippen LogP contribution in [0.15, 0.2) is 12.4 Å². The summed E-state index contributed by atoms with van der Waals surface area (Å²) in [7, 11) is 2.03. The van der Waals surface area contributed by atoms with Crippen molar-refractivity contribution >= 4 is 5.95 Å². The van der Waals surface area contributed by atoms with E-state index in [-0.39, 0.29) is 12.1 Å². The molecule has 0 radical (unpaired) electrons. The Morgan fingerprint density at radius 2 is 2.16 bits per heavy atom. The molecule has 2 N–H and O–H groups in total. The van der Waals surface area contributed by atoms with Gasteiger partial charge in [0.2, 0.25) is 5.95 Å². The van der Waals surface area contributed by atoms with E-state index in [1.54, 1.807) is 0 Å². The minimum atomic E-state index is 0.190. The summed E-state index contributed by atoms with van der Waals surface area (Å²) in [5.74, 6) is 0.760. The van der Waals surface area contributed by atoms with Crippen LogP contribution in [-0.4, -0.2) is 41.8 Å². The van der Waals surface area contributed by atoms with Gasteiger partial charge < -0.3 is 15.4 Å². The number of rotatable bonds is 5. The third-order valence-electron chi connectivity index (χ3n) is 3.86. The van der Waals surface area contributed by atoms with E-state index >= 15 is 0 Å². The Labute approximate surface area is 115 Å². The zero-order chi connectivity index (χ0) is 13.8. The molecule has 1 fully saturated rings. The lowest BCUT2D eigenvalue weighted by atomic mass is 10.1. The number of nitrogens with zero attached hydrogens (tertiary/aromatic N) is 3. The van der Waals surface area contributed by atoms with Crippen molar-refractivity contribution in [3.05, 3.63) is 18.0 Å². The summed E-state index contributed by atoms with van der Waals surface area (Å²) in [5.41, 5.74) is 7.04. The normalized spacial score (nSPS) is 24.4. The van der Waals surface area contributed by atoms with Crippen molar-refractivity contribution in [2.45, 2.75) is 51.3 Å². The van der Waals surface area contributed by atoms with Crippen molar-refractivity contribution in [1.29, 1.82) is 0 Å². The molecule has 0 saturated carbocycles. The van der Waals surface area contributed by atoms with E-state index in [4.69, 9.17) is 10.5 Å². The van der Waals surface area contributed by atoms with Crippen LogP contribution in [0.4, 0.5) is 5.95 Å². The molecule has 1 aliphatic rings. The zero-order valence-electron chi connectivity index (χ0n) is 12.0. The number of aromatic nitrogens is 2. The van der Waals surface area contributed by atoms with Gasteiger partial charge in [0, 0.05) is 32.1 Å². The van der Waals surface area contributed by atoms with Crippen LogP contribution >= 0.6 is 0 Å². The number of likely N-dealkylation sites (N-methyl/N-ethyl adjacent to an activating group) is 1. The summed E-state index contributed by atoms with van der Waals surface area (Å²) in [6, 6.07) is 0.555. The zero-order valence-corrected chi connectivity index (χ0v) is 12.0. The Kier molecular flexibility index (Phi) is 4.71. The molecule has 1 aliphatic heterocycles. The van der Waals surface area contributed by atoms with Gasteiger partial charge in [-0.15, -0.1) is 0 Å². The monoisotopic (exact) mass is 264 g/mol. The highest BCUT2D eigenvalue weighted by atomic mass is 16.5. The summed E-state index contributed by atoms with van der Waals surface area (Å²) < 4.78 is 5.59. The third-order valence-corrected chi connectivity index (χ3v) is 3.86. The standard InChI is InChI=1S/C14H24N4O/c1-4-12(15)7-11-8-16-14(17-9-11)18(3)13-5-6-19-10(13)2/h8-10,12-13H,4-7,15H2,1-3H3. The van der Waals surface area contributed by atoms with E-state index in [1.165, 1.54) is 0 Å². The fourth-order valence-corrected chi connectivity index (χ4v) is 2.46. The SMILES string of the molecule is CCC(N)Cc1cnc(N(C)C2CCOC2C)nc1. The first-order valence-electron chi connectivity index (χ1n) is 7.02. The molecule has 5 heteroatoms. The maximum absolute atomic E-state index is 5.94. The van der Waals surface area contributed by atoms with Crippen LogP contribution in [0.1, 0.15) is 32.3 Å². The molecular formula is C14H24N4O. The van der Waals surface area contributed by atoms with Gasteiger partial charge in [0.25, 0.3) is 0 Å². The van der Waals surface area contributed by atoms with Crippen molar-refractivity contribution in [3.8, 4) is 0 Å². The first kappa shape index (κ1) is 14.2. The summed E-state index contributed by atoms with van der Waals surface area (Å²) >= 11 is 0. The number of anilines is 1. The first-order valence-corrected chi connectivity index (χ1v) is 7.02. The van der Waals surface area contributed by atoms with Crippen LogP contribution in [0.5, 0.6) is 0 Å². The average Bonchev–Trinajstić information content (AvgIpc) is 2.85. The van der Waals surface area contributed by atoms with Crippen LogP contribution in [0.3, 0.4) is 0 Å². The van der Waals surface area contributed by atoms with Crippen LogP contribution in [-0.2, 0) is 11.2 Å². The van der Waals surface area contributed by atoms with E-state index in [9.17, 15) is 0 Å². The van der Waals surface area contributed by atoms with Gasteiger partial charge in [0.1, 0.15) is 0 Å². The Morgan fingerprint density at radius 1 is 1.47 bits per heavy atom. The first-order chi connectivity index (χ1) is 9.11. The molecule has 0 aromatic carbocycles. The molecule has 0 bridgehead atoms. The second-order valence-electron chi connectivity index (χ2n) is 5.31. The molecule has 1 aromatic rings. The molecule has 2 rings (SSSR count). The summed E-state index contributed by atoms with van der Waals surface area (Å²) in [4.78, 5) is 11.0. The van der Waals surface area contributed by atoms with Gasteiger partial charge in [-0.25, -0.2) is 9.97 Å². The molecule has 1 aromatic heterocycles. The molecule has 5 nitrogen and oxygen atoms in total. The second kappa shape index (κ2) is 6.30. The Bertz CT molecular complexity index is 395. The van der Waals surface area contributed by atoms with E-state index < -0.39 is 0 Å². The van der Waals surface area contributed by atoms with Crippen molar-refractivity contribution in [3.63, 3.8) is 0 Å². The van der Waals surface area contributed by atoms with Crippen LogP contribution in [0.25, 0.3) is 0 Å². The maximum atomic E-state index is 5.94. The fraction of sp³-hybridized carbons (Fsp3) is 0.714. The smallest absolute Gasteiger partial charge is 0.225 e. The predicted molar refractivity (Wildman–Crippen MR) is 76.2 cm³/mol. The highest BCUT2D eigenvalue weighted by molar-refractivity contribution is 5.31. The molecular weight excluding hydrogens is 240 g/mol. The lowest BCUT2D eigenvalue weighted by molar-refractivity contribution is 0.118. The molecule has 3 atom stereocenters. The number of nitrogens with two attached hydrogens (primary N) is 1. The fourth-order valence-electron chi connectivity index (χ4n) is 2.46. The molecule has 0 amide bonds. The van der Waals surface area contributed by atoms with E-state index in [0.717, 1.165) is 37.4 Å². The Morgan fingerprint density at radius 3 is 2.68 bits per heavy atom. The van der Waals surface area contributed by atoms with Gasteiger partial charge in [-0.2, -0.15) is 0 Å². The van der Waals surface area contributed by atoms with Crippen molar-refractivity contribution in [2.24, 2.45) is 5.73 Å². The quantitative estimate of drug-likeness (QED) is 0.870. The highest BCUT2D eigenvalue weighted by Gasteiger charge is 2.29. The van der Waals surface area contributed by atoms with E-state index in [1.807, 2.05) is 19.4 Å². The lowest BCUT2D eigenvalue weighted by Gasteiger charge is -2.26. The molecule has 2 heterocycles. The van der Waals surface area contributed by atoms with Crippen LogP contribution in [0.2, 0.25) is 0 Å². The summed E-state index contributed by atoms with van der Waals surface area (Å²) in [6.45, 7) is 5.01. The van der Waals surface area contributed by atoms with E-state index in [0.29, 0.717) is 6.04 Å². The van der Waals surface area contributed by atoms with Gasteiger partial charge in [-0.1, -0.05) is 6.92 Å². The minimum absolute atomic E-state index is 0.190. The molecule has 3 unspecified atom stereocenters. The van der Waals surface area contributed by atoms with Gasteiger partial charge >= 0.3 is 0 Å². The van der Waals surface area contributed by atoms with Crippen LogP contribution in [0, 0.1) is 0 Å². The lowest BCUT2D eigenvalue weighted by Crippen LogP contribution is -2.37. The third kappa shape index (κ3) is 3.42. The van der Waals surface area contributed by atoms with Gasteiger partial charge in [0.05, 0.1) is 12.1 Å². The summed E-state index contributed by atoms with van der Waals surface area (Å²) in [6.07, 6.45) is 6.84. The number of ether oxygens (including phenoxy) is 1. The number of hydrogen-bond acceptors (Lipinski definition) is 5. The van der Waals surface area contributed by atoms with Crippen molar-refractivity contribution in [1.82, 2.24) is 9.97 Å². The molecule has 0 spiro atoms. The van der Waals surface area contributed by atoms with Gasteiger partial charge in [-0.3, -0.25) is 0 Å². The topological polar surface area (TPSA) is 64.3 Å². The second-order valence-corrected chi connectivity index (χ2v) is 5.31. The molecule has 19 heavy (non-hydrogen) atoms. The van der Waals surface area contributed by atoms with Crippen molar-refractivity contribution < 1.29 is 4.74 Å². The molecule has 1 saturated heterocycles. The summed E-state index contributed by atoms with van der Waals surface area (Å²) in [5, 5.41) is 0. The van der Waals surface area contributed by atoms with Gasteiger partial charge in [0.15, 0.2) is 0 Å². The van der Waals surface area contributed by atoms with E-state index in [2.05, 4.69) is 28.7 Å². The number of hydrogen-bond donors (Lipinski definition) is 1. The maximum Gasteiger partial charge on any atom is 0.225 e. The Balaban J connectivity index is 2.01. The minimum Gasteiger partial charge on any atom is -0.376 e. The van der Waals surface area contributed by atoms with Gasteiger partial charge in [-0.05, 0) is 31.7 Å². The highest BCUT2D eigenvalue weighted by Crippen LogP contribution is 2.21. The van der Waals surface area contributed by atoms with Crippen LogP contribution < -0.4 is 10.6 Å².